The highest BCUT2D eigenvalue weighted by Gasteiger charge is 2.25. The maximum Gasteiger partial charge on any atom is 0.128 e. The Labute approximate surface area is 88.5 Å². The summed E-state index contributed by atoms with van der Waals surface area (Å²) in [6.45, 7) is 0. The van der Waals surface area contributed by atoms with E-state index in [9.17, 15) is 0 Å². The molecule has 0 amide bonds. The summed E-state index contributed by atoms with van der Waals surface area (Å²) in [5.41, 5.74) is 12.6. The maximum atomic E-state index is 6.03. The molecule has 0 unspecified atom stereocenters. The highest BCUT2D eigenvalue weighted by atomic mass is 35.5. The molecule has 1 aromatic heterocycles. The van der Waals surface area contributed by atoms with E-state index in [-0.39, 0.29) is 6.04 Å². The van der Waals surface area contributed by atoms with Crippen LogP contribution in [0.4, 0.5) is 5.82 Å². The molecular weight excluding hydrogens is 198 g/mol. The van der Waals surface area contributed by atoms with Crippen LogP contribution in [0.1, 0.15) is 30.9 Å². The van der Waals surface area contributed by atoms with Gasteiger partial charge in [-0.1, -0.05) is 24.4 Å². The first-order valence-corrected chi connectivity index (χ1v) is 5.21. The lowest BCUT2D eigenvalue weighted by molar-refractivity contribution is 0.597. The van der Waals surface area contributed by atoms with Gasteiger partial charge in [0.05, 0.1) is 5.02 Å². The smallest absolute Gasteiger partial charge is 0.128 e. The van der Waals surface area contributed by atoms with Crippen LogP contribution in [0.5, 0.6) is 0 Å². The van der Waals surface area contributed by atoms with Crippen molar-refractivity contribution >= 4 is 17.4 Å². The molecule has 76 valence electrons. The van der Waals surface area contributed by atoms with E-state index < -0.39 is 0 Å². The van der Waals surface area contributed by atoms with Gasteiger partial charge in [0.1, 0.15) is 5.82 Å². The van der Waals surface area contributed by atoms with Crippen LogP contribution in [0.15, 0.2) is 12.3 Å². The van der Waals surface area contributed by atoms with Crippen LogP contribution in [-0.2, 0) is 0 Å². The van der Waals surface area contributed by atoms with Crippen LogP contribution < -0.4 is 11.5 Å². The molecule has 1 aliphatic carbocycles. The summed E-state index contributed by atoms with van der Waals surface area (Å²) in [5.74, 6) is 1.28. The van der Waals surface area contributed by atoms with Gasteiger partial charge in [-0.3, -0.25) is 0 Å². The van der Waals surface area contributed by atoms with E-state index >= 15 is 0 Å². The van der Waals surface area contributed by atoms with E-state index in [1.54, 1.807) is 6.20 Å². The average molecular weight is 212 g/mol. The summed E-state index contributed by atoms with van der Waals surface area (Å²) in [6, 6.07) is 1.80. The third kappa shape index (κ3) is 2.16. The lowest BCUT2D eigenvalue weighted by Crippen LogP contribution is -2.14. The van der Waals surface area contributed by atoms with E-state index in [2.05, 4.69) is 4.98 Å². The number of nitrogens with zero attached hydrogens (tertiary/aromatic N) is 1. The molecule has 0 bridgehead atoms. The maximum absolute atomic E-state index is 6.03. The molecular formula is C10H14ClN3. The van der Waals surface area contributed by atoms with Crippen LogP contribution in [0, 0.1) is 5.92 Å². The van der Waals surface area contributed by atoms with Crippen molar-refractivity contribution in [1.82, 2.24) is 4.98 Å². The largest absolute Gasteiger partial charge is 0.383 e. The van der Waals surface area contributed by atoms with Gasteiger partial charge in [-0.05, 0) is 18.4 Å². The number of nitrogens with two attached hydrogens (primary N) is 2. The van der Waals surface area contributed by atoms with Crippen LogP contribution in [0.25, 0.3) is 0 Å². The van der Waals surface area contributed by atoms with Crippen molar-refractivity contribution in [3.05, 3.63) is 22.8 Å². The number of halogens is 1. The molecule has 4 heteroatoms. The van der Waals surface area contributed by atoms with Crippen LogP contribution in [0.2, 0.25) is 5.02 Å². The predicted molar refractivity (Wildman–Crippen MR) is 57.9 cm³/mol. The first-order chi connectivity index (χ1) is 6.66. The molecule has 1 saturated carbocycles. The molecule has 2 rings (SSSR count). The lowest BCUT2D eigenvalue weighted by atomic mass is 10.0. The molecule has 1 aliphatic rings. The molecule has 1 atom stereocenters. The number of pyridine rings is 1. The minimum Gasteiger partial charge on any atom is -0.383 e. The van der Waals surface area contributed by atoms with Gasteiger partial charge in [0.25, 0.3) is 0 Å². The Morgan fingerprint density at radius 3 is 2.93 bits per heavy atom. The molecule has 14 heavy (non-hydrogen) atoms. The Morgan fingerprint density at radius 2 is 2.29 bits per heavy atom. The number of anilines is 1. The molecule has 1 fully saturated rings. The Hall–Kier alpha value is -0.800. The van der Waals surface area contributed by atoms with E-state index in [1.807, 2.05) is 6.07 Å². The predicted octanol–water partition coefficient (Wildman–Crippen LogP) is 2.12. The Balaban J connectivity index is 2.15. The van der Waals surface area contributed by atoms with Gasteiger partial charge in [0, 0.05) is 17.8 Å². The minimum atomic E-state index is -0.0197. The molecule has 4 N–H and O–H groups in total. The summed E-state index contributed by atoms with van der Waals surface area (Å²) in [7, 11) is 0. The summed E-state index contributed by atoms with van der Waals surface area (Å²) in [5, 5.41) is 0.598. The van der Waals surface area contributed by atoms with E-state index in [0.717, 1.165) is 17.9 Å². The van der Waals surface area contributed by atoms with E-state index in [1.165, 1.54) is 12.8 Å². The van der Waals surface area contributed by atoms with Crippen molar-refractivity contribution in [3.63, 3.8) is 0 Å². The molecule has 0 aromatic carbocycles. The fourth-order valence-electron chi connectivity index (χ4n) is 1.60. The Morgan fingerprint density at radius 1 is 1.57 bits per heavy atom. The third-order valence-corrected chi connectivity index (χ3v) is 2.81. The standard InChI is InChI=1S/C10H14ClN3/c11-7-4-8(10(13)14-5-7)9(12)3-6-1-2-6/h4-6,9H,1-3,12H2,(H2,13,14)/t9-/m1/s1. The Bertz CT molecular complexity index is 336. The molecule has 0 radical (unpaired) electrons. The van der Waals surface area contributed by atoms with Gasteiger partial charge >= 0.3 is 0 Å². The summed E-state index contributed by atoms with van der Waals surface area (Å²) < 4.78 is 0. The van der Waals surface area contributed by atoms with Crippen LogP contribution in [0.3, 0.4) is 0 Å². The van der Waals surface area contributed by atoms with Gasteiger partial charge in [0.2, 0.25) is 0 Å². The minimum absolute atomic E-state index is 0.0197. The van der Waals surface area contributed by atoms with Crippen molar-refractivity contribution in [2.75, 3.05) is 5.73 Å². The van der Waals surface area contributed by atoms with Crippen molar-refractivity contribution in [3.8, 4) is 0 Å². The zero-order chi connectivity index (χ0) is 10.1. The molecule has 0 aliphatic heterocycles. The zero-order valence-electron chi connectivity index (χ0n) is 7.91. The highest BCUT2D eigenvalue weighted by molar-refractivity contribution is 6.30. The van der Waals surface area contributed by atoms with Crippen LogP contribution in [-0.4, -0.2) is 4.98 Å². The number of nitrogen functional groups attached to an aromatic ring is 1. The third-order valence-electron chi connectivity index (χ3n) is 2.60. The SMILES string of the molecule is Nc1ncc(Cl)cc1[C@H](N)CC1CC1. The van der Waals surface area contributed by atoms with Crippen molar-refractivity contribution in [2.24, 2.45) is 11.7 Å². The van der Waals surface area contributed by atoms with Gasteiger partial charge in [-0.25, -0.2) is 4.98 Å². The highest BCUT2D eigenvalue weighted by Crippen LogP contribution is 2.37. The summed E-state index contributed by atoms with van der Waals surface area (Å²) >= 11 is 5.84. The van der Waals surface area contributed by atoms with Crippen LogP contribution >= 0.6 is 11.6 Å². The second-order valence-electron chi connectivity index (χ2n) is 3.91. The summed E-state index contributed by atoms with van der Waals surface area (Å²) in [4.78, 5) is 3.99. The average Bonchev–Trinajstić information content (AvgIpc) is 2.93. The Kier molecular flexibility index (Phi) is 2.61. The van der Waals surface area contributed by atoms with Crippen molar-refractivity contribution in [1.29, 1.82) is 0 Å². The van der Waals surface area contributed by atoms with Crippen molar-refractivity contribution < 1.29 is 0 Å². The lowest BCUT2D eigenvalue weighted by Gasteiger charge is -2.13. The van der Waals surface area contributed by atoms with Gasteiger partial charge in [-0.15, -0.1) is 0 Å². The second kappa shape index (κ2) is 3.75. The topological polar surface area (TPSA) is 64.9 Å². The quantitative estimate of drug-likeness (QED) is 0.805. The van der Waals surface area contributed by atoms with Gasteiger partial charge < -0.3 is 11.5 Å². The zero-order valence-corrected chi connectivity index (χ0v) is 8.67. The fraction of sp³-hybridized carbons (Fsp3) is 0.500. The van der Waals surface area contributed by atoms with E-state index in [4.69, 9.17) is 23.1 Å². The summed E-state index contributed by atoms with van der Waals surface area (Å²) in [6.07, 6.45) is 5.12. The number of hydrogen-bond donors (Lipinski definition) is 2. The monoisotopic (exact) mass is 211 g/mol. The fourth-order valence-corrected chi connectivity index (χ4v) is 1.77. The molecule has 1 heterocycles. The number of aromatic nitrogens is 1. The number of rotatable bonds is 3. The molecule has 3 nitrogen and oxygen atoms in total. The first-order valence-electron chi connectivity index (χ1n) is 4.83. The van der Waals surface area contributed by atoms with E-state index in [0.29, 0.717) is 10.8 Å². The van der Waals surface area contributed by atoms with Gasteiger partial charge in [0.15, 0.2) is 0 Å². The van der Waals surface area contributed by atoms with Gasteiger partial charge in [-0.2, -0.15) is 0 Å². The molecule has 0 spiro atoms. The van der Waals surface area contributed by atoms with Crippen molar-refractivity contribution in [2.45, 2.75) is 25.3 Å². The molecule has 0 saturated heterocycles. The second-order valence-corrected chi connectivity index (χ2v) is 4.35. The molecule has 1 aromatic rings. The first kappa shape index (κ1) is 9.74. The normalized spacial score (nSPS) is 18.1. The number of hydrogen-bond acceptors (Lipinski definition) is 3.